The molecule has 0 unspecified atom stereocenters. The van der Waals surface area contributed by atoms with Gasteiger partial charge in [-0.1, -0.05) is 24.3 Å². The molecule has 0 fully saturated rings. The van der Waals surface area contributed by atoms with Gasteiger partial charge in [0.15, 0.2) is 0 Å². The molecule has 5 nitrogen and oxygen atoms in total. The van der Waals surface area contributed by atoms with Gasteiger partial charge in [-0.15, -0.1) is 0 Å². The molecule has 3 rings (SSSR count). The van der Waals surface area contributed by atoms with Gasteiger partial charge in [0.1, 0.15) is 5.52 Å². The summed E-state index contributed by atoms with van der Waals surface area (Å²) in [5.41, 5.74) is 3.29. The predicted molar refractivity (Wildman–Crippen MR) is 82.9 cm³/mol. The average molecular weight is 279 g/mol. The van der Waals surface area contributed by atoms with E-state index in [1.54, 1.807) is 12.3 Å². The Kier molecular flexibility index (Phi) is 3.23. The minimum atomic E-state index is -0.411. The zero-order valence-corrected chi connectivity index (χ0v) is 11.4. The first-order valence-corrected chi connectivity index (χ1v) is 6.51. The zero-order chi connectivity index (χ0) is 14.8. The van der Waals surface area contributed by atoms with Gasteiger partial charge in [0.25, 0.3) is 5.69 Å². The smallest absolute Gasteiger partial charge is 0.295 e. The van der Waals surface area contributed by atoms with Gasteiger partial charge in [-0.05, 0) is 30.7 Å². The maximum Gasteiger partial charge on any atom is 0.295 e. The molecule has 104 valence electrons. The van der Waals surface area contributed by atoms with E-state index in [-0.39, 0.29) is 5.69 Å². The fraction of sp³-hybridized carbons (Fsp3) is 0.0625. The van der Waals surface area contributed by atoms with Crippen molar-refractivity contribution < 1.29 is 4.92 Å². The third-order valence-electron chi connectivity index (χ3n) is 3.24. The van der Waals surface area contributed by atoms with E-state index in [9.17, 15) is 10.1 Å². The second-order valence-corrected chi connectivity index (χ2v) is 4.78. The normalized spacial score (nSPS) is 10.5. The molecular weight excluding hydrogens is 266 g/mol. The van der Waals surface area contributed by atoms with Gasteiger partial charge in [0.2, 0.25) is 0 Å². The van der Waals surface area contributed by atoms with Gasteiger partial charge < -0.3 is 5.32 Å². The van der Waals surface area contributed by atoms with Crippen molar-refractivity contribution in [1.82, 2.24) is 4.98 Å². The Bertz CT molecular complexity index is 831. The van der Waals surface area contributed by atoms with E-state index in [1.807, 2.05) is 43.3 Å². The van der Waals surface area contributed by atoms with Gasteiger partial charge in [0, 0.05) is 29.0 Å². The highest BCUT2D eigenvalue weighted by Gasteiger charge is 2.14. The second kappa shape index (κ2) is 5.20. The number of nitro benzene ring substituents is 1. The van der Waals surface area contributed by atoms with Crippen LogP contribution in [0.4, 0.5) is 17.1 Å². The fourth-order valence-electron chi connectivity index (χ4n) is 2.30. The van der Waals surface area contributed by atoms with Gasteiger partial charge in [0.05, 0.1) is 4.92 Å². The van der Waals surface area contributed by atoms with Crippen molar-refractivity contribution in [3.63, 3.8) is 0 Å². The fourth-order valence-corrected chi connectivity index (χ4v) is 2.30. The summed E-state index contributed by atoms with van der Waals surface area (Å²) in [6, 6.07) is 14.7. The molecule has 0 aliphatic rings. The number of para-hydroxylation sites is 1. The van der Waals surface area contributed by atoms with Gasteiger partial charge in [-0.25, -0.2) is 4.98 Å². The Hall–Kier alpha value is -2.95. The zero-order valence-electron chi connectivity index (χ0n) is 11.4. The van der Waals surface area contributed by atoms with Crippen LogP contribution in [0.5, 0.6) is 0 Å². The van der Waals surface area contributed by atoms with E-state index in [1.165, 1.54) is 6.07 Å². The maximum atomic E-state index is 11.1. The summed E-state index contributed by atoms with van der Waals surface area (Å²) in [5, 5.41) is 15.1. The molecular formula is C16H13N3O2. The van der Waals surface area contributed by atoms with Crippen molar-refractivity contribution in [2.75, 3.05) is 5.32 Å². The van der Waals surface area contributed by atoms with E-state index in [0.717, 1.165) is 22.3 Å². The van der Waals surface area contributed by atoms with Crippen LogP contribution in [0.3, 0.4) is 0 Å². The van der Waals surface area contributed by atoms with E-state index in [4.69, 9.17) is 0 Å². The minimum Gasteiger partial charge on any atom is -0.355 e. The minimum absolute atomic E-state index is 0.0143. The third kappa shape index (κ3) is 2.53. The number of hydrogen-bond acceptors (Lipinski definition) is 4. The first kappa shape index (κ1) is 13.1. The molecule has 0 bridgehead atoms. The maximum absolute atomic E-state index is 11.1. The van der Waals surface area contributed by atoms with E-state index in [0.29, 0.717) is 5.52 Å². The predicted octanol–water partition coefficient (Wildman–Crippen LogP) is 4.20. The molecule has 1 N–H and O–H groups in total. The molecule has 2 aromatic carbocycles. The largest absolute Gasteiger partial charge is 0.355 e. The number of nitro groups is 1. The number of benzene rings is 2. The molecule has 1 heterocycles. The highest BCUT2D eigenvalue weighted by molar-refractivity contribution is 5.97. The molecule has 0 saturated heterocycles. The van der Waals surface area contributed by atoms with Crippen LogP contribution in [0.1, 0.15) is 5.56 Å². The Balaban J connectivity index is 2.11. The lowest BCUT2D eigenvalue weighted by Gasteiger charge is -2.10. The lowest BCUT2D eigenvalue weighted by molar-refractivity contribution is -0.383. The van der Waals surface area contributed by atoms with Crippen LogP contribution in [0, 0.1) is 17.0 Å². The molecule has 3 aromatic rings. The van der Waals surface area contributed by atoms with Crippen molar-refractivity contribution in [2.24, 2.45) is 0 Å². The first-order valence-electron chi connectivity index (χ1n) is 6.51. The van der Waals surface area contributed by atoms with Crippen LogP contribution >= 0.6 is 0 Å². The Morgan fingerprint density at radius 1 is 1.14 bits per heavy atom. The number of aryl methyl sites for hydroxylation is 1. The number of hydrogen-bond donors (Lipinski definition) is 1. The third-order valence-corrected chi connectivity index (χ3v) is 3.24. The Morgan fingerprint density at radius 3 is 2.71 bits per heavy atom. The monoisotopic (exact) mass is 279 g/mol. The van der Waals surface area contributed by atoms with Gasteiger partial charge >= 0.3 is 0 Å². The van der Waals surface area contributed by atoms with Crippen molar-refractivity contribution in [1.29, 1.82) is 0 Å². The van der Waals surface area contributed by atoms with Crippen molar-refractivity contribution in [3.8, 4) is 0 Å². The molecule has 0 atom stereocenters. The summed E-state index contributed by atoms with van der Waals surface area (Å²) in [7, 11) is 0. The number of aromatic nitrogens is 1. The van der Waals surface area contributed by atoms with Crippen molar-refractivity contribution in [3.05, 3.63) is 70.4 Å². The summed E-state index contributed by atoms with van der Waals surface area (Å²) in [6.07, 6.45) is 1.58. The van der Waals surface area contributed by atoms with Crippen LogP contribution in [-0.2, 0) is 0 Å². The van der Waals surface area contributed by atoms with Crippen molar-refractivity contribution >= 4 is 28.0 Å². The topological polar surface area (TPSA) is 68.1 Å². The molecule has 0 amide bonds. The average Bonchev–Trinajstić information content (AvgIpc) is 2.47. The molecule has 0 aliphatic heterocycles. The quantitative estimate of drug-likeness (QED) is 0.576. The summed E-state index contributed by atoms with van der Waals surface area (Å²) in [6.45, 7) is 2.01. The van der Waals surface area contributed by atoms with Gasteiger partial charge in [-0.2, -0.15) is 0 Å². The summed E-state index contributed by atoms with van der Waals surface area (Å²) < 4.78 is 0. The van der Waals surface area contributed by atoms with E-state index in [2.05, 4.69) is 10.3 Å². The molecule has 0 aliphatic carbocycles. The Labute approximate surface area is 121 Å². The van der Waals surface area contributed by atoms with Crippen LogP contribution < -0.4 is 5.32 Å². The lowest BCUT2D eigenvalue weighted by atomic mass is 10.1. The molecule has 1 aromatic heterocycles. The number of non-ortho nitro benzene ring substituents is 1. The van der Waals surface area contributed by atoms with Gasteiger partial charge in [-0.3, -0.25) is 10.1 Å². The SMILES string of the molecule is Cc1cccc(Nc2ccnc3c([N+](=O)[O-])cccc23)c1. The molecule has 0 spiro atoms. The molecule has 0 saturated carbocycles. The number of nitrogens with zero attached hydrogens (tertiary/aromatic N) is 2. The molecule has 0 radical (unpaired) electrons. The van der Waals surface area contributed by atoms with Crippen LogP contribution in [0.15, 0.2) is 54.7 Å². The van der Waals surface area contributed by atoms with Crippen LogP contribution in [0.2, 0.25) is 0 Å². The summed E-state index contributed by atoms with van der Waals surface area (Å²) >= 11 is 0. The van der Waals surface area contributed by atoms with Crippen molar-refractivity contribution in [2.45, 2.75) is 6.92 Å². The van der Waals surface area contributed by atoms with Crippen LogP contribution in [0.25, 0.3) is 10.9 Å². The number of fused-ring (bicyclic) bond motifs is 1. The lowest BCUT2D eigenvalue weighted by Crippen LogP contribution is -1.95. The molecule has 21 heavy (non-hydrogen) atoms. The summed E-state index contributed by atoms with van der Waals surface area (Å²) in [5.74, 6) is 0. The highest BCUT2D eigenvalue weighted by Crippen LogP contribution is 2.30. The summed E-state index contributed by atoms with van der Waals surface area (Å²) in [4.78, 5) is 14.8. The first-order chi connectivity index (χ1) is 10.1. The second-order valence-electron chi connectivity index (χ2n) is 4.78. The molecule has 5 heteroatoms. The number of nitrogens with one attached hydrogen (secondary N) is 1. The highest BCUT2D eigenvalue weighted by atomic mass is 16.6. The van der Waals surface area contributed by atoms with E-state index < -0.39 is 4.92 Å². The standard InChI is InChI=1S/C16H13N3O2/c1-11-4-2-5-12(10-11)18-14-8-9-17-16-13(14)6-3-7-15(16)19(20)21/h2-10H,1H3,(H,17,18). The Morgan fingerprint density at radius 2 is 1.95 bits per heavy atom. The number of pyridine rings is 1. The van der Waals surface area contributed by atoms with Crippen LogP contribution in [-0.4, -0.2) is 9.91 Å². The van der Waals surface area contributed by atoms with E-state index >= 15 is 0 Å². The number of rotatable bonds is 3. The number of anilines is 2.